The monoisotopic (exact) mass is 197 g/mol. The Balaban J connectivity index is 3.14. The van der Waals surface area contributed by atoms with Gasteiger partial charge in [-0.3, -0.25) is 0 Å². The third-order valence-corrected chi connectivity index (χ3v) is 2.43. The molecule has 0 saturated carbocycles. The minimum absolute atomic E-state index is 0.727. The van der Waals surface area contributed by atoms with Gasteiger partial charge < -0.3 is 10.1 Å². The average molecular weight is 197 g/mol. The van der Waals surface area contributed by atoms with Crippen molar-refractivity contribution in [2.24, 2.45) is 5.92 Å². The quantitative estimate of drug-likeness (QED) is 0.431. The van der Waals surface area contributed by atoms with Crippen molar-refractivity contribution in [1.29, 1.82) is 0 Å². The Hall–Kier alpha value is -0.790. The molecule has 1 N–H and O–H groups in total. The van der Waals surface area contributed by atoms with Crippen LogP contribution in [0.15, 0.2) is 12.8 Å². The number of nitrogens with one attached hydrogen (secondary N) is 1. The van der Waals surface area contributed by atoms with Gasteiger partial charge in [0.2, 0.25) is 0 Å². The summed E-state index contributed by atoms with van der Waals surface area (Å²) in [5.74, 6) is 0.785. The van der Waals surface area contributed by atoms with Gasteiger partial charge in [0.05, 0.1) is 0 Å². The van der Waals surface area contributed by atoms with Gasteiger partial charge in [0.1, 0.15) is 6.29 Å². The largest absolute Gasteiger partial charge is 0.391 e. The van der Waals surface area contributed by atoms with Crippen molar-refractivity contribution in [2.45, 2.75) is 45.4 Å². The molecule has 82 valence electrons. The molecular weight excluding hydrogens is 174 g/mol. The summed E-state index contributed by atoms with van der Waals surface area (Å²) in [5.41, 5.74) is 0. The van der Waals surface area contributed by atoms with Crippen LogP contribution in [0.3, 0.4) is 0 Å². The van der Waals surface area contributed by atoms with Gasteiger partial charge in [-0.1, -0.05) is 26.3 Å². The van der Waals surface area contributed by atoms with Gasteiger partial charge in [-0.25, -0.2) is 0 Å². The molecule has 2 heteroatoms. The molecule has 0 spiro atoms. The summed E-state index contributed by atoms with van der Waals surface area (Å²) in [6.07, 6.45) is 9.45. The summed E-state index contributed by atoms with van der Waals surface area (Å²) >= 11 is 0. The lowest BCUT2D eigenvalue weighted by Gasteiger charge is -2.10. The fourth-order valence-corrected chi connectivity index (χ4v) is 1.52. The highest BCUT2D eigenvalue weighted by Crippen LogP contribution is 2.13. The molecule has 14 heavy (non-hydrogen) atoms. The lowest BCUT2D eigenvalue weighted by molar-refractivity contribution is -0.107. The maximum atomic E-state index is 10.1. The molecule has 1 atom stereocenters. The van der Waals surface area contributed by atoms with Gasteiger partial charge in [0, 0.05) is 13.0 Å². The third kappa shape index (κ3) is 9.30. The molecule has 0 aliphatic rings. The Morgan fingerprint density at radius 2 is 2.00 bits per heavy atom. The zero-order valence-electron chi connectivity index (χ0n) is 9.30. The number of hydrogen-bond donors (Lipinski definition) is 1. The highest BCUT2D eigenvalue weighted by Gasteiger charge is 2.00. The molecule has 0 aromatic rings. The second kappa shape index (κ2) is 10.3. The van der Waals surface area contributed by atoms with Crippen molar-refractivity contribution in [1.82, 2.24) is 5.32 Å². The minimum atomic E-state index is 0.727. The summed E-state index contributed by atoms with van der Waals surface area (Å²) in [5, 5.41) is 3.10. The summed E-state index contributed by atoms with van der Waals surface area (Å²) in [6.45, 7) is 6.92. The SMILES string of the molecule is C=CNCCCC(C)CCCCC=O. The number of rotatable bonds is 10. The Kier molecular flexibility index (Phi) is 9.71. The van der Waals surface area contributed by atoms with E-state index in [0.29, 0.717) is 0 Å². The number of aldehydes is 1. The second-order valence-corrected chi connectivity index (χ2v) is 3.86. The van der Waals surface area contributed by atoms with E-state index in [-0.39, 0.29) is 0 Å². The van der Waals surface area contributed by atoms with Crippen LogP contribution in [0.5, 0.6) is 0 Å². The molecule has 1 unspecified atom stereocenters. The van der Waals surface area contributed by atoms with Crippen LogP contribution in [0.1, 0.15) is 45.4 Å². The van der Waals surface area contributed by atoms with Crippen molar-refractivity contribution in [3.63, 3.8) is 0 Å². The molecule has 0 amide bonds. The lowest BCUT2D eigenvalue weighted by Crippen LogP contribution is -2.07. The Morgan fingerprint density at radius 1 is 1.29 bits per heavy atom. The summed E-state index contributed by atoms with van der Waals surface area (Å²) < 4.78 is 0. The Morgan fingerprint density at radius 3 is 2.64 bits per heavy atom. The van der Waals surface area contributed by atoms with Gasteiger partial charge in [-0.15, -0.1) is 0 Å². The van der Waals surface area contributed by atoms with Crippen LogP contribution >= 0.6 is 0 Å². The van der Waals surface area contributed by atoms with E-state index in [1.807, 2.05) is 0 Å². The minimum Gasteiger partial charge on any atom is -0.391 e. The first kappa shape index (κ1) is 13.2. The normalized spacial score (nSPS) is 12.1. The van der Waals surface area contributed by atoms with Crippen molar-refractivity contribution in [3.05, 3.63) is 12.8 Å². The van der Waals surface area contributed by atoms with E-state index >= 15 is 0 Å². The third-order valence-electron chi connectivity index (χ3n) is 2.43. The van der Waals surface area contributed by atoms with Crippen LogP contribution in [-0.4, -0.2) is 12.8 Å². The van der Waals surface area contributed by atoms with Crippen LogP contribution in [0.4, 0.5) is 0 Å². The smallest absolute Gasteiger partial charge is 0.119 e. The van der Waals surface area contributed by atoms with Crippen molar-refractivity contribution in [2.75, 3.05) is 6.54 Å². The molecule has 0 aromatic heterocycles. The van der Waals surface area contributed by atoms with Crippen LogP contribution in [0, 0.1) is 5.92 Å². The molecule has 2 nitrogen and oxygen atoms in total. The number of unbranched alkanes of at least 4 members (excludes halogenated alkanes) is 2. The predicted molar refractivity (Wildman–Crippen MR) is 61.1 cm³/mol. The zero-order valence-corrected chi connectivity index (χ0v) is 9.30. The summed E-state index contributed by atoms with van der Waals surface area (Å²) in [6, 6.07) is 0. The molecule has 0 aliphatic carbocycles. The fraction of sp³-hybridized carbons (Fsp3) is 0.750. The highest BCUT2D eigenvalue weighted by atomic mass is 16.1. The highest BCUT2D eigenvalue weighted by molar-refractivity contribution is 5.48. The van der Waals surface area contributed by atoms with Gasteiger partial charge in [-0.05, 0) is 31.4 Å². The number of hydrogen-bond acceptors (Lipinski definition) is 2. The Labute approximate surface area is 87.8 Å². The maximum absolute atomic E-state index is 10.1. The van der Waals surface area contributed by atoms with Crippen LogP contribution in [-0.2, 0) is 4.79 Å². The number of carbonyl (C=O) groups is 1. The first-order valence-electron chi connectivity index (χ1n) is 5.59. The van der Waals surface area contributed by atoms with E-state index in [1.54, 1.807) is 6.20 Å². The maximum Gasteiger partial charge on any atom is 0.119 e. The van der Waals surface area contributed by atoms with E-state index in [4.69, 9.17) is 0 Å². The van der Waals surface area contributed by atoms with Crippen LogP contribution in [0.2, 0.25) is 0 Å². The molecular formula is C12H23NO. The van der Waals surface area contributed by atoms with E-state index < -0.39 is 0 Å². The topological polar surface area (TPSA) is 29.1 Å². The van der Waals surface area contributed by atoms with Gasteiger partial charge >= 0.3 is 0 Å². The molecule has 0 bridgehead atoms. The van der Waals surface area contributed by atoms with E-state index in [1.165, 1.54) is 25.7 Å². The molecule has 0 fully saturated rings. The standard InChI is InChI=1S/C12H23NO/c1-3-13-10-7-9-12(2)8-5-4-6-11-14/h3,11-13H,1,4-10H2,2H3. The Bertz CT molecular complexity index is 129. The van der Waals surface area contributed by atoms with Crippen molar-refractivity contribution < 1.29 is 4.79 Å². The fourth-order valence-electron chi connectivity index (χ4n) is 1.52. The van der Waals surface area contributed by atoms with E-state index in [2.05, 4.69) is 18.8 Å². The molecule has 0 heterocycles. The van der Waals surface area contributed by atoms with E-state index in [9.17, 15) is 4.79 Å². The average Bonchev–Trinajstić information content (AvgIpc) is 2.19. The lowest BCUT2D eigenvalue weighted by atomic mass is 9.98. The first-order chi connectivity index (χ1) is 6.81. The van der Waals surface area contributed by atoms with Gasteiger partial charge in [0.15, 0.2) is 0 Å². The predicted octanol–water partition coefficient (Wildman–Crippen LogP) is 2.90. The van der Waals surface area contributed by atoms with E-state index in [0.717, 1.165) is 31.6 Å². The zero-order chi connectivity index (χ0) is 10.6. The molecule has 0 aromatic carbocycles. The van der Waals surface area contributed by atoms with Gasteiger partial charge in [-0.2, -0.15) is 0 Å². The van der Waals surface area contributed by atoms with Crippen molar-refractivity contribution >= 4 is 6.29 Å². The van der Waals surface area contributed by atoms with Crippen LogP contribution in [0.25, 0.3) is 0 Å². The first-order valence-corrected chi connectivity index (χ1v) is 5.59. The molecule has 0 radical (unpaired) electrons. The van der Waals surface area contributed by atoms with Crippen LogP contribution < -0.4 is 5.32 Å². The van der Waals surface area contributed by atoms with Gasteiger partial charge in [0.25, 0.3) is 0 Å². The molecule has 0 aliphatic heterocycles. The number of carbonyl (C=O) groups excluding carboxylic acids is 1. The molecule has 0 saturated heterocycles. The summed E-state index contributed by atoms with van der Waals surface area (Å²) in [7, 11) is 0. The summed E-state index contributed by atoms with van der Waals surface area (Å²) in [4.78, 5) is 10.1. The second-order valence-electron chi connectivity index (χ2n) is 3.86. The van der Waals surface area contributed by atoms with Crippen molar-refractivity contribution in [3.8, 4) is 0 Å². The molecule has 0 rings (SSSR count).